The molecule has 0 saturated carbocycles. The molecule has 0 bridgehead atoms. The second kappa shape index (κ2) is 6.20. The third-order valence-electron chi connectivity index (χ3n) is 2.12. The van der Waals surface area contributed by atoms with Gasteiger partial charge in [0.05, 0.1) is 32.0 Å². The van der Waals surface area contributed by atoms with E-state index in [1.165, 1.54) is 21.3 Å². The summed E-state index contributed by atoms with van der Waals surface area (Å²) >= 11 is 5.95. The van der Waals surface area contributed by atoms with Crippen LogP contribution in [0.15, 0.2) is 12.1 Å². The number of carbonyl (C=O) groups is 1. The van der Waals surface area contributed by atoms with E-state index in [4.69, 9.17) is 21.1 Å². The molecule has 0 radical (unpaired) electrons. The molecule has 0 aromatic heterocycles. The van der Waals surface area contributed by atoms with Crippen LogP contribution in [0.2, 0.25) is 5.02 Å². The zero-order chi connectivity index (χ0) is 12.8. The monoisotopic (exact) mass is 259 g/mol. The smallest absolute Gasteiger partial charge is 0.325 e. The first-order valence-corrected chi connectivity index (χ1v) is 5.22. The Morgan fingerprint density at radius 2 is 1.88 bits per heavy atom. The fourth-order valence-corrected chi connectivity index (χ4v) is 1.47. The Morgan fingerprint density at radius 3 is 2.41 bits per heavy atom. The molecule has 1 N–H and O–H groups in total. The lowest BCUT2D eigenvalue weighted by Gasteiger charge is -2.13. The van der Waals surface area contributed by atoms with Gasteiger partial charge in [-0.25, -0.2) is 0 Å². The van der Waals surface area contributed by atoms with Crippen LogP contribution in [-0.2, 0) is 9.53 Å². The number of ether oxygens (including phenoxy) is 3. The Labute approximate surface area is 105 Å². The van der Waals surface area contributed by atoms with E-state index >= 15 is 0 Å². The predicted molar refractivity (Wildman–Crippen MR) is 65.1 cm³/mol. The molecule has 0 spiro atoms. The van der Waals surface area contributed by atoms with Gasteiger partial charge in [-0.05, 0) is 0 Å². The molecular weight excluding hydrogens is 246 g/mol. The molecule has 94 valence electrons. The van der Waals surface area contributed by atoms with E-state index in [1.54, 1.807) is 12.1 Å². The molecule has 1 aromatic carbocycles. The number of anilines is 1. The van der Waals surface area contributed by atoms with Crippen LogP contribution in [0.4, 0.5) is 5.69 Å². The van der Waals surface area contributed by atoms with E-state index < -0.39 is 0 Å². The van der Waals surface area contributed by atoms with Crippen molar-refractivity contribution in [1.82, 2.24) is 0 Å². The number of esters is 1. The van der Waals surface area contributed by atoms with Crippen molar-refractivity contribution in [2.24, 2.45) is 0 Å². The van der Waals surface area contributed by atoms with Crippen molar-refractivity contribution >= 4 is 23.3 Å². The summed E-state index contributed by atoms with van der Waals surface area (Å²) in [6, 6.07) is 3.27. The SMILES string of the molecule is COC(=O)CNc1cc(OC)c(Cl)cc1OC. The highest BCUT2D eigenvalue weighted by molar-refractivity contribution is 6.32. The maximum atomic E-state index is 11.0. The van der Waals surface area contributed by atoms with Crippen LogP contribution in [-0.4, -0.2) is 33.8 Å². The molecule has 0 fully saturated rings. The largest absolute Gasteiger partial charge is 0.495 e. The van der Waals surface area contributed by atoms with Crippen LogP contribution in [0.25, 0.3) is 0 Å². The van der Waals surface area contributed by atoms with Gasteiger partial charge < -0.3 is 19.5 Å². The van der Waals surface area contributed by atoms with Gasteiger partial charge in [-0.2, -0.15) is 0 Å². The third kappa shape index (κ3) is 3.42. The molecular formula is C11H14ClNO4. The Bertz CT molecular complexity index is 409. The number of benzene rings is 1. The zero-order valence-corrected chi connectivity index (χ0v) is 10.6. The van der Waals surface area contributed by atoms with E-state index in [9.17, 15) is 4.79 Å². The van der Waals surface area contributed by atoms with Gasteiger partial charge in [-0.1, -0.05) is 11.6 Å². The van der Waals surface area contributed by atoms with Crippen molar-refractivity contribution in [2.75, 3.05) is 33.2 Å². The predicted octanol–water partition coefficient (Wildman–Crippen LogP) is 1.94. The molecule has 0 saturated heterocycles. The van der Waals surface area contributed by atoms with E-state index in [2.05, 4.69) is 10.1 Å². The van der Waals surface area contributed by atoms with Crippen LogP contribution >= 0.6 is 11.6 Å². The molecule has 1 aromatic rings. The first kappa shape index (κ1) is 13.4. The third-order valence-corrected chi connectivity index (χ3v) is 2.42. The van der Waals surface area contributed by atoms with Gasteiger partial charge in [0.25, 0.3) is 0 Å². The Hall–Kier alpha value is -1.62. The van der Waals surface area contributed by atoms with Crippen LogP contribution in [0.5, 0.6) is 11.5 Å². The highest BCUT2D eigenvalue weighted by atomic mass is 35.5. The van der Waals surface area contributed by atoms with Crippen LogP contribution in [0.3, 0.4) is 0 Å². The van der Waals surface area contributed by atoms with Crippen LogP contribution in [0.1, 0.15) is 0 Å². The average molecular weight is 260 g/mol. The fourth-order valence-electron chi connectivity index (χ4n) is 1.24. The molecule has 5 nitrogen and oxygen atoms in total. The first-order valence-electron chi connectivity index (χ1n) is 4.84. The van der Waals surface area contributed by atoms with E-state index in [0.29, 0.717) is 22.2 Å². The summed E-state index contributed by atoms with van der Waals surface area (Å²) in [4.78, 5) is 11.0. The van der Waals surface area contributed by atoms with Gasteiger partial charge in [-0.15, -0.1) is 0 Å². The van der Waals surface area contributed by atoms with Gasteiger partial charge in [0.1, 0.15) is 18.0 Å². The fraction of sp³-hybridized carbons (Fsp3) is 0.364. The van der Waals surface area contributed by atoms with Gasteiger partial charge in [0.15, 0.2) is 0 Å². The zero-order valence-electron chi connectivity index (χ0n) is 9.87. The molecule has 0 aliphatic carbocycles. The van der Waals surface area contributed by atoms with Crippen LogP contribution < -0.4 is 14.8 Å². The molecule has 0 unspecified atom stereocenters. The highest BCUT2D eigenvalue weighted by Crippen LogP contribution is 2.35. The molecule has 0 aliphatic rings. The summed E-state index contributed by atoms with van der Waals surface area (Å²) in [5, 5.41) is 3.32. The van der Waals surface area contributed by atoms with Crippen molar-refractivity contribution in [3.05, 3.63) is 17.2 Å². The lowest BCUT2D eigenvalue weighted by molar-refractivity contribution is -0.138. The lowest BCUT2D eigenvalue weighted by atomic mass is 10.2. The van der Waals surface area contributed by atoms with Crippen molar-refractivity contribution in [2.45, 2.75) is 0 Å². The van der Waals surface area contributed by atoms with Crippen molar-refractivity contribution in [3.8, 4) is 11.5 Å². The second-order valence-electron chi connectivity index (χ2n) is 3.12. The Balaban J connectivity index is 2.92. The summed E-state index contributed by atoms with van der Waals surface area (Å²) in [5.41, 5.74) is 0.610. The van der Waals surface area contributed by atoms with E-state index in [-0.39, 0.29) is 12.5 Å². The molecule has 0 aliphatic heterocycles. The minimum Gasteiger partial charge on any atom is -0.495 e. The summed E-state index contributed by atoms with van der Waals surface area (Å²) < 4.78 is 14.7. The Morgan fingerprint density at radius 1 is 1.24 bits per heavy atom. The highest BCUT2D eigenvalue weighted by Gasteiger charge is 2.10. The van der Waals surface area contributed by atoms with Gasteiger partial charge in [-0.3, -0.25) is 4.79 Å². The standard InChI is InChI=1S/C11H14ClNO4/c1-15-9-5-8(13-6-11(14)17-3)10(16-2)4-7(9)12/h4-5,13H,6H2,1-3H3. The number of nitrogens with one attached hydrogen (secondary N) is 1. The van der Waals surface area contributed by atoms with Crippen molar-refractivity contribution < 1.29 is 19.0 Å². The first-order chi connectivity index (χ1) is 8.12. The topological polar surface area (TPSA) is 56.8 Å². The second-order valence-corrected chi connectivity index (χ2v) is 3.52. The minimum atomic E-state index is -0.374. The summed E-state index contributed by atoms with van der Waals surface area (Å²) in [7, 11) is 4.35. The maximum Gasteiger partial charge on any atom is 0.325 e. The average Bonchev–Trinajstić information content (AvgIpc) is 2.36. The van der Waals surface area contributed by atoms with Crippen molar-refractivity contribution in [1.29, 1.82) is 0 Å². The molecule has 0 heterocycles. The van der Waals surface area contributed by atoms with E-state index in [0.717, 1.165) is 0 Å². The van der Waals surface area contributed by atoms with Gasteiger partial charge >= 0.3 is 5.97 Å². The minimum absolute atomic E-state index is 0.0393. The van der Waals surface area contributed by atoms with Crippen LogP contribution in [0, 0.1) is 0 Å². The van der Waals surface area contributed by atoms with Gasteiger partial charge in [0, 0.05) is 12.1 Å². The maximum absolute atomic E-state index is 11.0. The Kier molecular flexibility index (Phi) is 4.90. The molecule has 6 heteroatoms. The molecule has 1 rings (SSSR count). The summed E-state index contributed by atoms with van der Waals surface area (Å²) in [6.07, 6.45) is 0. The normalized spacial score (nSPS) is 9.65. The van der Waals surface area contributed by atoms with E-state index in [1.807, 2.05) is 0 Å². The summed E-state index contributed by atoms with van der Waals surface area (Å²) in [6.45, 7) is 0.0393. The lowest BCUT2D eigenvalue weighted by Crippen LogP contribution is -2.15. The number of hydrogen-bond donors (Lipinski definition) is 1. The molecule has 17 heavy (non-hydrogen) atoms. The molecule has 0 amide bonds. The summed E-state index contributed by atoms with van der Waals surface area (Å²) in [5.74, 6) is 0.653. The molecule has 0 atom stereocenters. The number of methoxy groups -OCH3 is 3. The number of hydrogen-bond acceptors (Lipinski definition) is 5. The number of halogens is 1. The number of carbonyl (C=O) groups excluding carboxylic acids is 1. The van der Waals surface area contributed by atoms with Gasteiger partial charge in [0.2, 0.25) is 0 Å². The number of rotatable bonds is 5. The van der Waals surface area contributed by atoms with Crippen molar-refractivity contribution in [3.63, 3.8) is 0 Å². The quantitative estimate of drug-likeness (QED) is 0.819.